The molecule has 1 saturated carbocycles. The van der Waals surface area contributed by atoms with Gasteiger partial charge in [0, 0.05) is 0 Å². The van der Waals surface area contributed by atoms with Gasteiger partial charge in [-0.05, 0) is 24.7 Å². The second kappa shape index (κ2) is 3.97. The van der Waals surface area contributed by atoms with Gasteiger partial charge in [-0.1, -0.05) is 20.3 Å². The largest absolute Gasteiger partial charge is 0.375 e. The Morgan fingerprint density at radius 1 is 1.31 bits per heavy atom. The summed E-state index contributed by atoms with van der Waals surface area (Å²) in [5.74, 6) is 1.59. The maximum Gasteiger partial charge on any atom is 0.104 e. The molecule has 2 aliphatic rings. The first-order valence-corrected chi connectivity index (χ1v) is 5.49. The average Bonchev–Trinajstić information content (AvgIpc) is 2.90. The van der Waals surface area contributed by atoms with Crippen molar-refractivity contribution in [1.82, 2.24) is 0 Å². The molecule has 0 amide bonds. The Hall–Kier alpha value is -0.0800. The van der Waals surface area contributed by atoms with Crippen LogP contribution in [0.3, 0.4) is 0 Å². The molecule has 0 radical (unpaired) electrons. The monoisotopic (exact) mass is 184 g/mol. The van der Waals surface area contributed by atoms with E-state index in [9.17, 15) is 0 Å². The molecule has 0 spiro atoms. The summed E-state index contributed by atoms with van der Waals surface area (Å²) in [6.07, 6.45) is 4.86. The van der Waals surface area contributed by atoms with Crippen LogP contribution in [0.2, 0.25) is 0 Å². The molecule has 1 saturated heterocycles. The molecule has 2 rings (SSSR count). The van der Waals surface area contributed by atoms with Crippen molar-refractivity contribution >= 4 is 0 Å². The lowest BCUT2D eigenvalue weighted by atomic mass is 9.82. The van der Waals surface area contributed by atoms with Gasteiger partial charge in [-0.15, -0.1) is 0 Å². The average molecular weight is 184 g/mol. The van der Waals surface area contributed by atoms with Crippen molar-refractivity contribution in [2.24, 2.45) is 11.8 Å². The summed E-state index contributed by atoms with van der Waals surface area (Å²) in [5, 5.41) is 0. The SMILES string of the molecule is CC1CCC(C)C(OCC2CO2)C1. The van der Waals surface area contributed by atoms with E-state index in [4.69, 9.17) is 9.47 Å². The summed E-state index contributed by atoms with van der Waals surface area (Å²) in [5.41, 5.74) is 0. The van der Waals surface area contributed by atoms with Crippen molar-refractivity contribution in [3.05, 3.63) is 0 Å². The molecule has 76 valence electrons. The predicted molar refractivity (Wildman–Crippen MR) is 51.7 cm³/mol. The third-order valence-corrected chi connectivity index (χ3v) is 3.28. The maximum absolute atomic E-state index is 5.86. The van der Waals surface area contributed by atoms with Crippen molar-refractivity contribution in [2.45, 2.75) is 45.3 Å². The molecular weight excluding hydrogens is 164 g/mol. The highest BCUT2D eigenvalue weighted by atomic mass is 16.6. The van der Waals surface area contributed by atoms with E-state index < -0.39 is 0 Å². The Morgan fingerprint density at radius 2 is 2.08 bits per heavy atom. The van der Waals surface area contributed by atoms with E-state index in [2.05, 4.69) is 13.8 Å². The molecule has 4 atom stereocenters. The van der Waals surface area contributed by atoms with E-state index in [0.717, 1.165) is 25.0 Å². The van der Waals surface area contributed by atoms with E-state index in [-0.39, 0.29) is 0 Å². The summed E-state index contributed by atoms with van der Waals surface area (Å²) in [6.45, 7) is 6.37. The van der Waals surface area contributed by atoms with Crippen molar-refractivity contribution in [3.63, 3.8) is 0 Å². The second-order valence-corrected chi connectivity index (χ2v) is 4.72. The van der Waals surface area contributed by atoms with Gasteiger partial charge in [0.05, 0.1) is 19.3 Å². The van der Waals surface area contributed by atoms with Crippen LogP contribution in [-0.2, 0) is 9.47 Å². The molecule has 1 heterocycles. The molecule has 1 aliphatic carbocycles. The lowest BCUT2D eigenvalue weighted by Gasteiger charge is -2.32. The van der Waals surface area contributed by atoms with Gasteiger partial charge in [0.1, 0.15) is 6.10 Å². The van der Waals surface area contributed by atoms with Crippen LogP contribution < -0.4 is 0 Å². The molecule has 0 aromatic heterocycles. The van der Waals surface area contributed by atoms with E-state index in [0.29, 0.717) is 12.2 Å². The van der Waals surface area contributed by atoms with Gasteiger partial charge in [-0.3, -0.25) is 0 Å². The van der Waals surface area contributed by atoms with Crippen LogP contribution >= 0.6 is 0 Å². The number of epoxide rings is 1. The topological polar surface area (TPSA) is 21.8 Å². The van der Waals surface area contributed by atoms with Gasteiger partial charge < -0.3 is 9.47 Å². The molecule has 0 bridgehead atoms. The van der Waals surface area contributed by atoms with Gasteiger partial charge in [0.25, 0.3) is 0 Å². The lowest BCUT2D eigenvalue weighted by Crippen LogP contribution is -2.30. The molecule has 0 N–H and O–H groups in total. The number of ether oxygens (including phenoxy) is 2. The zero-order valence-electron chi connectivity index (χ0n) is 8.66. The Labute approximate surface area is 80.6 Å². The van der Waals surface area contributed by atoms with Gasteiger partial charge in [0.15, 0.2) is 0 Å². The Kier molecular flexibility index (Phi) is 2.89. The fourth-order valence-corrected chi connectivity index (χ4v) is 2.11. The highest BCUT2D eigenvalue weighted by molar-refractivity contribution is 4.78. The first kappa shape index (κ1) is 9.47. The minimum absolute atomic E-state index is 0.421. The lowest BCUT2D eigenvalue weighted by molar-refractivity contribution is -0.0236. The Balaban J connectivity index is 1.73. The molecule has 0 aromatic carbocycles. The van der Waals surface area contributed by atoms with Crippen LogP contribution in [0, 0.1) is 11.8 Å². The van der Waals surface area contributed by atoms with Crippen LogP contribution in [0.15, 0.2) is 0 Å². The van der Waals surface area contributed by atoms with Crippen LogP contribution in [0.1, 0.15) is 33.1 Å². The van der Waals surface area contributed by atoms with Crippen molar-refractivity contribution < 1.29 is 9.47 Å². The third-order valence-electron chi connectivity index (χ3n) is 3.28. The maximum atomic E-state index is 5.86. The van der Waals surface area contributed by atoms with Crippen LogP contribution in [0.4, 0.5) is 0 Å². The van der Waals surface area contributed by atoms with Crippen molar-refractivity contribution in [2.75, 3.05) is 13.2 Å². The van der Waals surface area contributed by atoms with E-state index in [1.807, 2.05) is 0 Å². The van der Waals surface area contributed by atoms with E-state index >= 15 is 0 Å². The van der Waals surface area contributed by atoms with Crippen molar-refractivity contribution in [3.8, 4) is 0 Å². The first-order valence-electron chi connectivity index (χ1n) is 5.49. The minimum Gasteiger partial charge on any atom is -0.375 e. The normalized spacial score (nSPS) is 44.8. The summed E-state index contributed by atoms with van der Waals surface area (Å²) >= 11 is 0. The fraction of sp³-hybridized carbons (Fsp3) is 1.00. The third kappa shape index (κ3) is 2.68. The Bertz CT molecular complexity index is 165. The molecule has 2 fully saturated rings. The standard InChI is InChI=1S/C11H20O2/c1-8-3-4-9(2)11(5-8)13-7-10-6-12-10/h8-11H,3-7H2,1-2H3. The highest BCUT2D eigenvalue weighted by Crippen LogP contribution is 2.30. The van der Waals surface area contributed by atoms with Crippen LogP contribution in [0.5, 0.6) is 0 Å². The molecule has 1 aliphatic heterocycles. The molecule has 0 aromatic rings. The fourth-order valence-electron chi connectivity index (χ4n) is 2.11. The van der Waals surface area contributed by atoms with Crippen molar-refractivity contribution in [1.29, 1.82) is 0 Å². The van der Waals surface area contributed by atoms with Crippen LogP contribution in [-0.4, -0.2) is 25.4 Å². The zero-order chi connectivity index (χ0) is 9.26. The molecule has 2 heteroatoms. The summed E-state index contributed by atoms with van der Waals surface area (Å²) in [6, 6.07) is 0. The first-order chi connectivity index (χ1) is 6.25. The summed E-state index contributed by atoms with van der Waals surface area (Å²) in [4.78, 5) is 0. The quantitative estimate of drug-likeness (QED) is 0.627. The summed E-state index contributed by atoms with van der Waals surface area (Å²) < 4.78 is 11.0. The number of hydrogen-bond acceptors (Lipinski definition) is 2. The predicted octanol–water partition coefficient (Wildman–Crippen LogP) is 2.23. The smallest absolute Gasteiger partial charge is 0.104 e. The highest BCUT2D eigenvalue weighted by Gasteiger charge is 2.29. The molecule has 4 unspecified atom stereocenters. The van der Waals surface area contributed by atoms with Gasteiger partial charge in [-0.25, -0.2) is 0 Å². The zero-order valence-corrected chi connectivity index (χ0v) is 8.66. The van der Waals surface area contributed by atoms with Gasteiger partial charge in [-0.2, -0.15) is 0 Å². The van der Waals surface area contributed by atoms with Gasteiger partial charge in [0.2, 0.25) is 0 Å². The molecular formula is C11H20O2. The summed E-state index contributed by atoms with van der Waals surface area (Å²) in [7, 11) is 0. The van der Waals surface area contributed by atoms with Gasteiger partial charge >= 0.3 is 0 Å². The number of rotatable bonds is 3. The van der Waals surface area contributed by atoms with E-state index in [1.54, 1.807) is 0 Å². The second-order valence-electron chi connectivity index (χ2n) is 4.72. The minimum atomic E-state index is 0.421. The number of hydrogen-bond donors (Lipinski definition) is 0. The molecule has 13 heavy (non-hydrogen) atoms. The van der Waals surface area contributed by atoms with Crippen LogP contribution in [0.25, 0.3) is 0 Å². The Morgan fingerprint density at radius 3 is 2.77 bits per heavy atom. The van der Waals surface area contributed by atoms with E-state index in [1.165, 1.54) is 19.3 Å². The molecule has 2 nitrogen and oxygen atoms in total.